The van der Waals surface area contributed by atoms with Crippen molar-refractivity contribution in [3.8, 4) is 0 Å². The number of rotatable bonds is 4. The van der Waals surface area contributed by atoms with Gasteiger partial charge in [-0.3, -0.25) is 4.18 Å². The maximum Gasteiger partial charge on any atom is 0.264 e. The second-order valence-electron chi connectivity index (χ2n) is 2.90. The van der Waals surface area contributed by atoms with Crippen molar-refractivity contribution >= 4 is 22.7 Å². The first-order valence-electron chi connectivity index (χ1n) is 4.10. The van der Waals surface area contributed by atoms with Crippen LogP contribution in [0.4, 0.5) is 0 Å². The Morgan fingerprint density at radius 2 is 2.00 bits per heavy atom. The maximum atomic E-state index is 10.7. The van der Waals surface area contributed by atoms with Crippen LogP contribution in [0.2, 0.25) is 0 Å². The van der Waals surface area contributed by atoms with E-state index in [0.29, 0.717) is 6.42 Å². The second kappa shape index (κ2) is 4.82. The smallest absolute Gasteiger partial charge is 0.264 e. The van der Waals surface area contributed by atoms with Crippen LogP contribution in [0.5, 0.6) is 0 Å². The molecule has 0 aliphatic heterocycles. The van der Waals surface area contributed by atoms with Crippen molar-refractivity contribution in [2.45, 2.75) is 11.3 Å². The molecule has 0 fully saturated rings. The summed E-state index contributed by atoms with van der Waals surface area (Å²) in [6.07, 6.45) is 1.59. The van der Waals surface area contributed by atoms with Crippen LogP contribution in [0.3, 0.4) is 0 Å². The van der Waals surface area contributed by atoms with Crippen LogP contribution >= 0.6 is 12.6 Å². The highest BCUT2D eigenvalue weighted by Crippen LogP contribution is 2.13. The molecule has 0 atom stereocenters. The lowest BCUT2D eigenvalue weighted by atomic mass is 10.2. The zero-order chi connectivity index (χ0) is 10.6. The Bertz CT molecular complexity index is 398. The topological polar surface area (TPSA) is 43.4 Å². The molecule has 0 aliphatic rings. The van der Waals surface area contributed by atoms with Crippen LogP contribution in [-0.2, 0) is 20.7 Å². The van der Waals surface area contributed by atoms with E-state index in [2.05, 4.69) is 16.8 Å². The lowest BCUT2D eigenvalue weighted by Gasteiger charge is -2.04. The molecule has 0 radical (unpaired) electrons. The molecular formula is C9H12O3S2. The molecule has 0 saturated carbocycles. The fraction of sp³-hybridized carbons (Fsp3) is 0.333. The Balaban J connectivity index is 2.51. The number of thiol groups is 1. The monoisotopic (exact) mass is 232 g/mol. The van der Waals surface area contributed by atoms with Crippen LogP contribution < -0.4 is 0 Å². The van der Waals surface area contributed by atoms with Gasteiger partial charge >= 0.3 is 0 Å². The Hall–Kier alpha value is -0.520. The van der Waals surface area contributed by atoms with E-state index >= 15 is 0 Å². The third-order valence-electron chi connectivity index (χ3n) is 1.66. The summed E-state index contributed by atoms with van der Waals surface area (Å²) in [5.41, 5.74) is 0.986. The highest BCUT2D eigenvalue weighted by atomic mass is 32.2. The van der Waals surface area contributed by atoms with Crippen molar-refractivity contribution in [3.05, 3.63) is 29.8 Å². The fourth-order valence-corrected chi connectivity index (χ4v) is 1.68. The molecule has 0 amide bonds. The van der Waals surface area contributed by atoms with Gasteiger partial charge in [0.05, 0.1) is 12.9 Å². The average molecular weight is 232 g/mol. The molecule has 0 heterocycles. The van der Waals surface area contributed by atoms with Gasteiger partial charge in [-0.15, -0.1) is 12.6 Å². The number of benzene rings is 1. The average Bonchev–Trinajstić information content (AvgIpc) is 2.06. The molecule has 0 aromatic heterocycles. The van der Waals surface area contributed by atoms with Gasteiger partial charge in [0.2, 0.25) is 0 Å². The summed E-state index contributed by atoms with van der Waals surface area (Å²) < 4.78 is 26.0. The molecular weight excluding hydrogens is 220 g/mol. The summed E-state index contributed by atoms with van der Waals surface area (Å²) >= 11 is 4.24. The molecule has 78 valence electrons. The Kier molecular flexibility index (Phi) is 3.97. The largest absolute Gasteiger partial charge is 0.270 e. The summed E-state index contributed by atoms with van der Waals surface area (Å²) in [6, 6.07) is 7.52. The molecule has 0 unspecified atom stereocenters. The molecule has 0 spiro atoms. The molecule has 1 rings (SSSR count). The highest BCUT2D eigenvalue weighted by Gasteiger charge is 2.02. The highest BCUT2D eigenvalue weighted by molar-refractivity contribution is 7.86. The molecule has 1 aromatic rings. The van der Waals surface area contributed by atoms with Gasteiger partial charge in [-0.2, -0.15) is 8.42 Å². The first-order valence-corrected chi connectivity index (χ1v) is 6.37. The second-order valence-corrected chi connectivity index (χ2v) is 5.03. The van der Waals surface area contributed by atoms with Crippen molar-refractivity contribution in [2.24, 2.45) is 0 Å². The summed E-state index contributed by atoms with van der Waals surface area (Å²) in [7, 11) is -3.33. The summed E-state index contributed by atoms with van der Waals surface area (Å²) in [5.74, 6) is 0. The van der Waals surface area contributed by atoms with E-state index in [4.69, 9.17) is 0 Å². The van der Waals surface area contributed by atoms with Gasteiger partial charge in [0.25, 0.3) is 10.1 Å². The van der Waals surface area contributed by atoms with Gasteiger partial charge in [-0.05, 0) is 18.1 Å². The summed E-state index contributed by atoms with van der Waals surface area (Å²) in [6.45, 7) is 0.163. The van der Waals surface area contributed by atoms with Crippen molar-refractivity contribution in [1.82, 2.24) is 0 Å². The third kappa shape index (κ3) is 4.13. The summed E-state index contributed by atoms with van der Waals surface area (Å²) in [4.78, 5) is 0.851. The molecule has 3 nitrogen and oxygen atoms in total. The Labute approximate surface area is 89.6 Å². The lowest BCUT2D eigenvalue weighted by molar-refractivity contribution is 0.325. The number of hydrogen-bond donors (Lipinski definition) is 1. The predicted molar refractivity (Wildman–Crippen MR) is 58.2 cm³/mol. The van der Waals surface area contributed by atoms with Crippen LogP contribution in [0.15, 0.2) is 29.2 Å². The molecule has 1 aromatic carbocycles. The summed E-state index contributed by atoms with van der Waals surface area (Å²) in [5, 5.41) is 0. The molecule has 0 aliphatic carbocycles. The van der Waals surface area contributed by atoms with Crippen molar-refractivity contribution in [1.29, 1.82) is 0 Å². The SMILES string of the molecule is CS(=O)(=O)OCCc1ccccc1S. The lowest BCUT2D eigenvalue weighted by Crippen LogP contribution is -2.06. The minimum Gasteiger partial charge on any atom is -0.270 e. The van der Waals surface area contributed by atoms with Crippen LogP contribution in [0, 0.1) is 0 Å². The van der Waals surface area contributed by atoms with Gasteiger partial charge in [0.15, 0.2) is 0 Å². The van der Waals surface area contributed by atoms with Crippen molar-refractivity contribution in [2.75, 3.05) is 12.9 Å². The minimum atomic E-state index is -3.33. The standard InChI is InChI=1S/C9H12O3S2/c1-14(10,11)12-7-6-8-4-2-3-5-9(8)13/h2-5,13H,6-7H2,1H3. The van der Waals surface area contributed by atoms with E-state index in [1.165, 1.54) is 0 Å². The normalized spacial score (nSPS) is 11.6. The Morgan fingerprint density at radius 3 is 2.57 bits per heavy atom. The van der Waals surface area contributed by atoms with E-state index in [-0.39, 0.29) is 6.61 Å². The van der Waals surface area contributed by atoms with Gasteiger partial charge in [0.1, 0.15) is 0 Å². The Morgan fingerprint density at radius 1 is 1.36 bits per heavy atom. The number of hydrogen-bond acceptors (Lipinski definition) is 4. The molecule has 5 heteroatoms. The van der Waals surface area contributed by atoms with E-state index in [1.54, 1.807) is 0 Å². The zero-order valence-corrected chi connectivity index (χ0v) is 9.51. The minimum absolute atomic E-state index is 0.163. The maximum absolute atomic E-state index is 10.7. The predicted octanol–water partition coefficient (Wildman–Crippen LogP) is 1.49. The van der Waals surface area contributed by atoms with E-state index in [9.17, 15) is 8.42 Å². The molecule has 0 N–H and O–H groups in total. The van der Waals surface area contributed by atoms with E-state index in [0.717, 1.165) is 16.7 Å². The van der Waals surface area contributed by atoms with Gasteiger partial charge < -0.3 is 0 Å². The van der Waals surface area contributed by atoms with E-state index < -0.39 is 10.1 Å². The zero-order valence-electron chi connectivity index (χ0n) is 7.80. The molecule has 14 heavy (non-hydrogen) atoms. The van der Waals surface area contributed by atoms with Crippen LogP contribution in [0.1, 0.15) is 5.56 Å². The molecule has 0 bridgehead atoms. The third-order valence-corrected chi connectivity index (χ3v) is 2.69. The van der Waals surface area contributed by atoms with Crippen LogP contribution in [0.25, 0.3) is 0 Å². The van der Waals surface area contributed by atoms with Crippen molar-refractivity contribution in [3.63, 3.8) is 0 Å². The van der Waals surface area contributed by atoms with Gasteiger partial charge in [-0.25, -0.2) is 0 Å². The fourth-order valence-electron chi connectivity index (χ4n) is 1.03. The first kappa shape index (κ1) is 11.6. The van der Waals surface area contributed by atoms with Gasteiger partial charge in [0, 0.05) is 4.90 Å². The van der Waals surface area contributed by atoms with Crippen LogP contribution in [-0.4, -0.2) is 21.3 Å². The van der Waals surface area contributed by atoms with Gasteiger partial charge in [-0.1, -0.05) is 18.2 Å². The first-order chi connectivity index (χ1) is 6.49. The van der Waals surface area contributed by atoms with Crippen molar-refractivity contribution < 1.29 is 12.6 Å². The molecule has 0 saturated heterocycles. The van der Waals surface area contributed by atoms with E-state index in [1.807, 2.05) is 24.3 Å². The quantitative estimate of drug-likeness (QED) is 0.632.